The average molecular weight is 430 g/mol. The van der Waals surface area contributed by atoms with Gasteiger partial charge in [-0.1, -0.05) is 29.8 Å². The number of ether oxygens (including phenoxy) is 1. The third-order valence-electron chi connectivity index (χ3n) is 5.25. The van der Waals surface area contributed by atoms with Crippen molar-refractivity contribution < 1.29 is 18.1 Å². The van der Waals surface area contributed by atoms with Gasteiger partial charge in [-0.15, -0.1) is 0 Å². The molecule has 2 aromatic rings. The van der Waals surface area contributed by atoms with Crippen LogP contribution in [-0.2, 0) is 14.8 Å². The number of guanidine groups is 1. The number of hydrogen-bond acceptors (Lipinski definition) is 7. The largest absolute Gasteiger partial charge is 0.378 e. The molecule has 0 spiro atoms. The summed E-state index contributed by atoms with van der Waals surface area (Å²) in [4.78, 5) is 17.2. The molecule has 1 saturated heterocycles. The highest BCUT2D eigenvalue weighted by Gasteiger charge is 2.41. The number of hydrogen-bond donors (Lipinski definition) is 0. The Hall–Kier alpha value is -2.98. The number of aliphatic imine (C=N–C) groups is 1. The first-order valence-corrected chi connectivity index (χ1v) is 11.0. The van der Waals surface area contributed by atoms with E-state index in [0.717, 1.165) is 5.56 Å². The molecule has 2 aromatic carbocycles. The van der Waals surface area contributed by atoms with E-state index in [1.165, 1.54) is 16.4 Å². The van der Waals surface area contributed by atoms with Crippen molar-refractivity contribution >= 4 is 21.7 Å². The van der Waals surface area contributed by atoms with E-state index in [1.54, 1.807) is 36.4 Å². The minimum Gasteiger partial charge on any atom is -0.378 e. The summed E-state index contributed by atoms with van der Waals surface area (Å²) in [5.74, 6) is 0.391. The Morgan fingerprint density at radius 1 is 1.07 bits per heavy atom. The Balaban J connectivity index is 1.74. The van der Waals surface area contributed by atoms with Crippen molar-refractivity contribution in [2.75, 3.05) is 32.8 Å². The molecule has 0 aliphatic carbocycles. The van der Waals surface area contributed by atoms with Crippen LogP contribution in [0.3, 0.4) is 0 Å². The van der Waals surface area contributed by atoms with Gasteiger partial charge < -0.3 is 9.64 Å². The van der Waals surface area contributed by atoms with E-state index in [1.807, 2.05) is 11.8 Å². The molecule has 0 aromatic heterocycles. The lowest BCUT2D eigenvalue weighted by molar-refractivity contribution is -0.384. The molecule has 158 valence electrons. The molecule has 2 aliphatic heterocycles. The monoisotopic (exact) mass is 430 g/mol. The molecule has 0 bridgehead atoms. The van der Waals surface area contributed by atoms with Crippen molar-refractivity contribution in [3.8, 4) is 0 Å². The smallest absolute Gasteiger partial charge is 0.269 e. The molecular weight excluding hydrogens is 408 g/mol. The number of morpholine rings is 1. The van der Waals surface area contributed by atoms with Crippen molar-refractivity contribution in [2.45, 2.75) is 17.9 Å². The second kappa shape index (κ2) is 8.04. The van der Waals surface area contributed by atoms with Gasteiger partial charge in [-0.25, -0.2) is 17.7 Å². The molecular formula is C20H22N4O5S. The summed E-state index contributed by atoms with van der Waals surface area (Å²) in [6, 6.07) is 12.1. The Morgan fingerprint density at radius 2 is 1.70 bits per heavy atom. The van der Waals surface area contributed by atoms with Crippen molar-refractivity contribution in [1.82, 2.24) is 9.21 Å². The number of nitro benzene ring substituents is 1. The number of nitrogens with zero attached hydrogens (tertiary/aromatic N) is 4. The van der Waals surface area contributed by atoms with Gasteiger partial charge >= 0.3 is 0 Å². The Labute approximate surface area is 174 Å². The van der Waals surface area contributed by atoms with Crippen LogP contribution in [0.1, 0.15) is 17.2 Å². The first-order chi connectivity index (χ1) is 14.4. The fourth-order valence-electron chi connectivity index (χ4n) is 3.61. The number of rotatable bonds is 4. The Kier molecular flexibility index (Phi) is 5.44. The summed E-state index contributed by atoms with van der Waals surface area (Å²) in [7, 11) is -3.89. The maximum absolute atomic E-state index is 13.6. The topological polar surface area (TPSA) is 105 Å². The van der Waals surface area contributed by atoms with Crippen LogP contribution in [0.2, 0.25) is 0 Å². The van der Waals surface area contributed by atoms with Gasteiger partial charge in [0.25, 0.3) is 15.7 Å². The second-order valence-corrected chi connectivity index (χ2v) is 9.03. The van der Waals surface area contributed by atoms with Crippen molar-refractivity contribution in [3.63, 3.8) is 0 Å². The van der Waals surface area contributed by atoms with Crippen molar-refractivity contribution in [2.24, 2.45) is 4.99 Å². The van der Waals surface area contributed by atoms with Gasteiger partial charge in [-0.2, -0.15) is 0 Å². The first kappa shape index (κ1) is 20.3. The zero-order chi connectivity index (χ0) is 21.3. The summed E-state index contributed by atoms with van der Waals surface area (Å²) >= 11 is 0. The average Bonchev–Trinajstić information content (AvgIpc) is 3.21. The van der Waals surface area contributed by atoms with Crippen LogP contribution in [0.25, 0.3) is 0 Å². The standard InChI is InChI=1S/C20H22N4O5S/c1-15-2-8-18(9-3-15)30(27,28)23-19(16-4-6-17(7-5-16)24(25)26)14-21-20(23)22-10-12-29-13-11-22/h2-9,19H,10-14H2,1H3. The van der Waals surface area contributed by atoms with Gasteiger partial charge in [0, 0.05) is 25.2 Å². The fraction of sp³-hybridized carbons (Fsp3) is 0.350. The molecule has 1 fully saturated rings. The normalized spacial score (nSPS) is 19.6. The van der Waals surface area contributed by atoms with Crippen LogP contribution in [0.4, 0.5) is 5.69 Å². The lowest BCUT2D eigenvalue weighted by Gasteiger charge is -2.35. The number of sulfonamides is 1. The quantitative estimate of drug-likeness (QED) is 0.545. The molecule has 0 saturated carbocycles. The van der Waals surface area contributed by atoms with Crippen LogP contribution in [0.5, 0.6) is 0 Å². The lowest BCUT2D eigenvalue weighted by Crippen LogP contribution is -2.49. The van der Waals surface area contributed by atoms with Gasteiger partial charge in [0.15, 0.2) is 0 Å². The minimum absolute atomic E-state index is 0.0426. The van der Waals surface area contributed by atoms with E-state index in [4.69, 9.17) is 4.74 Å². The molecule has 0 radical (unpaired) electrons. The molecule has 9 nitrogen and oxygen atoms in total. The van der Waals surface area contributed by atoms with Gasteiger partial charge in [0.2, 0.25) is 5.96 Å². The van der Waals surface area contributed by atoms with Crippen molar-refractivity contribution in [1.29, 1.82) is 0 Å². The van der Waals surface area contributed by atoms with E-state index in [0.29, 0.717) is 37.8 Å². The highest BCUT2D eigenvalue weighted by molar-refractivity contribution is 7.89. The van der Waals surface area contributed by atoms with Crippen LogP contribution in [0.15, 0.2) is 58.4 Å². The van der Waals surface area contributed by atoms with E-state index < -0.39 is 21.0 Å². The molecule has 30 heavy (non-hydrogen) atoms. The molecule has 0 amide bonds. The van der Waals surface area contributed by atoms with Crippen LogP contribution < -0.4 is 0 Å². The number of aryl methyl sites for hydroxylation is 1. The van der Waals surface area contributed by atoms with Crippen LogP contribution in [0, 0.1) is 17.0 Å². The highest BCUT2D eigenvalue weighted by atomic mass is 32.2. The number of nitro groups is 1. The molecule has 10 heteroatoms. The fourth-order valence-corrected chi connectivity index (χ4v) is 5.23. The summed E-state index contributed by atoms with van der Waals surface area (Å²) in [5, 5.41) is 11.0. The number of benzene rings is 2. The third-order valence-corrected chi connectivity index (χ3v) is 7.05. The summed E-state index contributed by atoms with van der Waals surface area (Å²) < 4.78 is 34.0. The zero-order valence-corrected chi connectivity index (χ0v) is 17.3. The van der Waals surface area contributed by atoms with Gasteiger partial charge in [-0.3, -0.25) is 10.1 Å². The van der Waals surface area contributed by atoms with Crippen molar-refractivity contribution in [3.05, 3.63) is 69.8 Å². The predicted octanol–water partition coefficient (Wildman–Crippen LogP) is 2.34. The summed E-state index contributed by atoms with van der Waals surface area (Å²) in [5.41, 5.74) is 1.58. The molecule has 4 rings (SSSR count). The molecule has 2 heterocycles. The first-order valence-electron chi connectivity index (χ1n) is 9.60. The van der Waals surface area contributed by atoms with Crippen LogP contribution in [-0.4, -0.2) is 61.4 Å². The van der Waals surface area contributed by atoms with E-state index in [9.17, 15) is 18.5 Å². The Morgan fingerprint density at radius 3 is 2.30 bits per heavy atom. The Bertz CT molecular complexity index is 1060. The minimum atomic E-state index is -3.89. The summed E-state index contributed by atoms with van der Waals surface area (Å²) in [6.45, 7) is 4.24. The molecule has 0 N–H and O–H groups in total. The lowest BCUT2D eigenvalue weighted by atomic mass is 10.1. The van der Waals surface area contributed by atoms with Gasteiger partial charge in [-0.05, 0) is 24.6 Å². The maximum Gasteiger partial charge on any atom is 0.269 e. The van der Waals surface area contributed by atoms with Crippen LogP contribution >= 0.6 is 0 Å². The molecule has 1 unspecified atom stereocenters. The SMILES string of the molecule is Cc1ccc(S(=O)(=O)N2C(N3CCOCC3)=NCC2c2ccc([N+](=O)[O-])cc2)cc1. The molecule has 1 atom stereocenters. The highest BCUT2D eigenvalue weighted by Crippen LogP contribution is 2.34. The number of non-ortho nitro benzene ring substituents is 1. The molecule has 2 aliphatic rings. The maximum atomic E-state index is 13.6. The second-order valence-electron chi connectivity index (χ2n) is 7.22. The summed E-state index contributed by atoms with van der Waals surface area (Å²) in [6.07, 6.45) is 0. The van der Waals surface area contributed by atoms with E-state index in [-0.39, 0.29) is 17.1 Å². The van der Waals surface area contributed by atoms with E-state index >= 15 is 0 Å². The predicted molar refractivity (Wildman–Crippen MR) is 111 cm³/mol. The zero-order valence-electron chi connectivity index (χ0n) is 16.5. The van der Waals surface area contributed by atoms with E-state index in [2.05, 4.69) is 4.99 Å². The third kappa shape index (κ3) is 3.75. The van der Waals surface area contributed by atoms with Gasteiger partial charge in [0.05, 0.1) is 35.6 Å². The van der Waals surface area contributed by atoms with Gasteiger partial charge in [0.1, 0.15) is 0 Å².